The molecular formula is C24H15Br2F3N2O2. The van der Waals surface area contributed by atoms with Crippen molar-refractivity contribution < 1.29 is 22.7 Å². The molecule has 3 aromatic carbocycles. The number of nitrogens with one attached hydrogen (secondary N) is 1. The average molecular weight is 580 g/mol. The smallest absolute Gasteiger partial charge is 0.416 e. The zero-order valence-electron chi connectivity index (χ0n) is 16.8. The normalized spacial score (nSPS) is 11.6. The van der Waals surface area contributed by atoms with Gasteiger partial charge in [-0.1, -0.05) is 50.1 Å². The summed E-state index contributed by atoms with van der Waals surface area (Å²) in [5.74, 6) is -0.406. The van der Waals surface area contributed by atoms with Gasteiger partial charge in [0.15, 0.2) is 0 Å². The maximum atomic E-state index is 12.9. The highest BCUT2D eigenvalue weighted by atomic mass is 79.9. The third kappa shape index (κ3) is 6.94. The lowest BCUT2D eigenvalue weighted by Gasteiger charge is -2.11. The second-order valence-electron chi connectivity index (χ2n) is 6.80. The Labute approximate surface area is 204 Å². The minimum absolute atomic E-state index is 0.0723. The molecule has 0 spiro atoms. The summed E-state index contributed by atoms with van der Waals surface area (Å²) in [6.07, 6.45) is -3.23. The van der Waals surface area contributed by atoms with Gasteiger partial charge in [0, 0.05) is 20.2 Å². The van der Waals surface area contributed by atoms with E-state index in [1.807, 2.05) is 24.3 Å². The number of hydrogen-bond donors (Lipinski definition) is 1. The summed E-state index contributed by atoms with van der Waals surface area (Å²) >= 11 is 6.72. The number of alkyl halides is 3. The Balaban J connectivity index is 1.82. The number of hydrogen-bond acceptors (Lipinski definition) is 3. The first kappa shape index (κ1) is 24.6. The maximum absolute atomic E-state index is 12.9. The first-order valence-corrected chi connectivity index (χ1v) is 11.0. The second kappa shape index (κ2) is 10.7. The van der Waals surface area contributed by atoms with E-state index in [-0.39, 0.29) is 17.9 Å². The van der Waals surface area contributed by atoms with Crippen LogP contribution >= 0.6 is 31.9 Å². The molecule has 0 fully saturated rings. The molecule has 33 heavy (non-hydrogen) atoms. The first-order valence-electron chi connectivity index (χ1n) is 9.43. The van der Waals surface area contributed by atoms with Crippen LogP contribution in [0, 0.1) is 11.3 Å². The van der Waals surface area contributed by atoms with Crippen molar-refractivity contribution in [3.05, 3.63) is 97.9 Å². The largest absolute Gasteiger partial charge is 0.488 e. The number of amides is 1. The molecule has 1 amide bonds. The van der Waals surface area contributed by atoms with Gasteiger partial charge in [0.05, 0.1) is 5.56 Å². The number of nitriles is 1. The van der Waals surface area contributed by atoms with Crippen LogP contribution in [0.3, 0.4) is 0 Å². The molecule has 9 heteroatoms. The Morgan fingerprint density at radius 3 is 2.39 bits per heavy atom. The molecule has 0 unspecified atom stereocenters. The highest BCUT2D eigenvalue weighted by Gasteiger charge is 2.30. The Bertz CT molecular complexity index is 1230. The number of carbonyl (C=O) groups excluding carboxylic acids is 1. The van der Waals surface area contributed by atoms with Crippen molar-refractivity contribution >= 4 is 49.5 Å². The van der Waals surface area contributed by atoms with Crippen molar-refractivity contribution in [3.63, 3.8) is 0 Å². The standard InChI is InChI=1S/C24H15Br2F3N2O2/c25-19-6-4-15(5-7-19)14-33-22-9-8-20(26)11-16(22)10-17(13-30)23(32)31-21-3-1-2-18(12-21)24(27,28)29/h1-12H,14H2,(H,31,32)/b17-10+. The highest BCUT2D eigenvalue weighted by molar-refractivity contribution is 9.10. The molecule has 3 rings (SSSR count). The number of halogens is 5. The van der Waals surface area contributed by atoms with Crippen molar-refractivity contribution in [2.45, 2.75) is 12.8 Å². The van der Waals surface area contributed by atoms with E-state index in [0.29, 0.717) is 15.8 Å². The van der Waals surface area contributed by atoms with Gasteiger partial charge < -0.3 is 10.1 Å². The SMILES string of the molecule is N#C/C(=C\c1cc(Br)ccc1OCc1ccc(Br)cc1)C(=O)Nc1cccc(C(F)(F)F)c1. The molecule has 168 valence electrons. The molecule has 0 aliphatic carbocycles. The van der Waals surface area contributed by atoms with E-state index >= 15 is 0 Å². The van der Waals surface area contributed by atoms with Gasteiger partial charge in [0.1, 0.15) is 24.0 Å². The van der Waals surface area contributed by atoms with Crippen molar-refractivity contribution in [2.24, 2.45) is 0 Å². The molecular weight excluding hydrogens is 565 g/mol. The highest BCUT2D eigenvalue weighted by Crippen LogP contribution is 2.31. The predicted octanol–water partition coefficient (Wildman–Crippen LogP) is 7.36. The number of ether oxygens (including phenoxy) is 1. The van der Waals surface area contributed by atoms with Crippen LogP contribution in [0.25, 0.3) is 6.08 Å². The topological polar surface area (TPSA) is 62.1 Å². The van der Waals surface area contributed by atoms with E-state index in [0.717, 1.165) is 22.2 Å². The van der Waals surface area contributed by atoms with Crippen molar-refractivity contribution in [2.75, 3.05) is 5.32 Å². The van der Waals surface area contributed by atoms with E-state index in [4.69, 9.17) is 4.74 Å². The third-order valence-corrected chi connectivity index (χ3v) is 5.41. The number of rotatable bonds is 6. The van der Waals surface area contributed by atoms with Gasteiger partial charge in [-0.05, 0) is 60.2 Å². The van der Waals surface area contributed by atoms with Crippen LogP contribution in [0.1, 0.15) is 16.7 Å². The van der Waals surface area contributed by atoms with E-state index < -0.39 is 17.6 Å². The van der Waals surface area contributed by atoms with Crippen LogP contribution in [0.4, 0.5) is 18.9 Å². The van der Waals surface area contributed by atoms with E-state index in [1.54, 1.807) is 24.3 Å². The van der Waals surface area contributed by atoms with Gasteiger partial charge in [-0.25, -0.2) is 0 Å². The molecule has 4 nitrogen and oxygen atoms in total. The lowest BCUT2D eigenvalue weighted by molar-refractivity contribution is -0.137. The summed E-state index contributed by atoms with van der Waals surface area (Å²) in [5.41, 5.74) is 0.102. The molecule has 0 aliphatic rings. The first-order chi connectivity index (χ1) is 15.7. The molecule has 0 aromatic heterocycles. The fourth-order valence-corrected chi connectivity index (χ4v) is 3.42. The quantitative estimate of drug-likeness (QED) is 0.245. The third-order valence-electron chi connectivity index (χ3n) is 4.39. The van der Waals surface area contributed by atoms with E-state index in [1.165, 1.54) is 18.2 Å². The van der Waals surface area contributed by atoms with Crippen molar-refractivity contribution in [3.8, 4) is 11.8 Å². The molecule has 0 aliphatic heterocycles. The Kier molecular flexibility index (Phi) is 7.95. The number of benzene rings is 3. The summed E-state index contributed by atoms with van der Waals surface area (Å²) in [5, 5.41) is 11.8. The van der Waals surface area contributed by atoms with Crippen molar-refractivity contribution in [1.82, 2.24) is 0 Å². The zero-order chi connectivity index (χ0) is 24.0. The monoisotopic (exact) mass is 578 g/mol. The summed E-state index contributed by atoms with van der Waals surface area (Å²) in [6, 6.07) is 18.6. The van der Waals surface area contributed by atoms with Crippen molar-refractivity contribution in [1.29, 1.82) is 5.26 Å². The molecule has 1 N–H and O–H groups in total. The van der Waals surface area contributed by atoms with Gasteiger partial charge in [-0.15, -0.1) is 0 Å². The summed E-state index contributed by atoms with van der Waals surface area (Å²) in [4.78, 5) is 12.6. The molecule has 0 heterocycles. The molecule has 0 saturated heterocycles. The van der Waals surface area contributed by atoms with Gasteiger partial charge in [-0.2, -0.15) is 18.4 Å². The molecule has 0 saturated carbocycles. The fraction of sp³-hybridized carbons (Fsp3) is 0.0833. The van der Waals surface area contributed by atoms with E-state index in [2.05, 4.69) is 37.2 Å². The van der Waals surface area contributed by atoms with Gasteiger partial charge in [0.2, 0.25) is 0 Å². The Morgan fingerprint density at radius 1 is 1.03 bits per heavy atom. The van der Waals surface area contributed by atoms with Crippen LogP contribution in [0.15, 0.2) is 81.2 Å². The van der Waals surface area contributed by atoms with Crippen LogP contribution in [0.5, 0.6) is 5.75 Å². The molecule has 3 aromatic rings. The van der Waals surface area contributed by atoms with Crippen LogP contribution in [-0.4, -0.2) is 5.91 Å². The summed E-state index contributed by atoms with van der Waals surface area (Å²) in [7, 11) is 0. The lowest BCUT2D eigenvalue weighted by atomic mass is 10.1. The number of nitrogens with zero attached hydrogens (tertiary/aromatic N) is 1. The minimum atomic E-state index is -4.55. The zero-order valence-corrected chi connectivity index (χ0v) is 20.0. The van der Waals surface area contributed by atoms with Crippen LogP contribution < -0.4 is 10.1 Å². The average Bonchev–Trinajstić information content (AvgIpc) is 2.77. The number of carbonyl (C=O) groups is 1. The Hall–Kier alpha value is -3.09. The van der Waals surface area contributed by atoms with Crippen LogP contribution in [0.2, 0.25) is 0 Å². The molecule has 0 bridgehead atoms. The summed E-state index contributed by atoms with van der Waals surface area (Å²) < 4.78 is 46.2. The fourth-order valence-electron chi connectivity index (χ4n) is 2.78. The summed E-state index contributed by atoms with van der Waals surface area (Å²) in [6.45, 7) is 0.258. The molecule has 0 radical (unpaired) electrons. The van der Waals surface area contributed by atoms with Gasteiger partial charge >= 0.3 is 6.18 Å². The second-order valence-corrected chi connectivity index (χ2v) is 8.63. The van der Waals surface area contributed by atoms with Crippen LogP contribution in [-0.2, 0) is 17.6 Å². The van der Waals surface area contributed by atoms with Gasteiger partial charge in [-0.3, -0.25) is 4.79 Å². The van der Waals surface area contributed by atoms with Gasteiger partial charge in [0.25, 0.3) is 5.91 Å². The minimum Gasteiger partial charge on any atom is -0.488 e. The Morgan fingerprint density at radius 2 is 1.73 bits per heavy atom. The maximum Gasteiger partial charge on any atom is 0.416 e. The molecule has 0 atom stereocenters. The number of anilines is 1. The lowest BCUT2D eigenvalue weighted by Crippen LogP contribution is -2.14. The predicted molar refractivity (Wildman–Crippen MR) is 126 cm³/mol. The van der Waals surface area contributed by atoms with E-state index in [9.17, 15) is 23.2 Å².